The fraction of sp³-hybridized carbons (Fsp3) is 1.00. The van der Waals surface area contributed by atoms with Crippen LogP contribution in [0.3, 0.4) is 0 Å². The van der Waals surface area contributed by atoms with E-state index in [-0.39, 0.29) is 12.7 Å². The Morgan fingerprint density at radius 2 is 1.89 bits per heavy atom. The van der Waals surface area contributed by atoms with E-state index in [1.807, 2.05) is 0 Å². The third-order valence-corrected chi connectivity index (χ3v) is 4.12. The van der Waals surface area contributed by atoms with Crippen LogP contribution < -0.4 is 5.32 Å². The minimum Gasteiger partial charge on any atom is -0.396 e. The second-order valence-electron chi connectivity index (χ2n) is 5.38. The molecule has 3 atom stereocenters. The highest BCUT2D eigenvalue weighted by Gasteiger charge is 2.24. The third kappa shape index (κ3) is 5.22. The van der Waals surface area contributed by atoms with E-state index in [1.54, 1.807) is 0 Å². The Balaban J connectivity index is 2.25. The molecule has 18 heavy (non-hydrogen) atoms. The van der Waals surface area contributed by atoms with Crippen LogP contribution >= 0.6 is 0 Å². The van der Waals surface area contributed by atoms with Gasteiger partial charge in [0.15, 0.2) is 0 Å². The summed E-state index contributed by atoms with van der Waals surface area (Å²) in [5, 5.41) is 22.8. The van der Waals surface area contributed by atoms with Gasteiger partial charge in [-0.1, -0.05) is 26.7 Å². The standard InChI is InChI=1S/C14H30N2O2/c1-3-16(4-2)10-13(18)9-15-14-8-6-5-7-12(14)11-17/h12-15,17-18H,3-11H2,1-2H3. The molecule has 0 radical (unpaired) electrons. The number of aliphatic hydroxyl groups is 2. The van der Waals surface area contributed by atoms with Gasteiger partial charge in [-0.2, -0.15) is 0 Å². The van der Waals surface area contributed by atoms with Gasteiger partial charge in [0, 0.05) is 25.7 Å². The average Bonchev–Trinajstić information content (AvgIpc) is 2.42. The molecule has 0 aromatic heterocycles. The second kappa shape index (κ2) is 8.86. The maximum Gasteiger partial charge on any atom is 0.0791 e. The van der Waals surface area contributed by atoms with Crippen LogP contribution in [0.25, 0.3) is 0 Å². The third-order valence-electron chi connectivity index (χ3n) is 4.12. The number of rotatable bonds is 8. The molecule has 1 aliphatic carbocycles. The van der Waals surface area contributed by atoms with Crippen molar-refractivity contribution in [2.24, 2.45) is 5.92 Å². The van der Waals surface area contributed by atoms with E-state index in [9.17, 15) is 10.2 Å². The molecular weight excluding hydrogens is 228 g/mol. The molecule has 0 amide bonds. The first-order valence-electron chi connectivity index (χ1n) is 7.45. The van der Waals surface area contributed by atoms with Gasteiger partial charge in [0.25, 0.3) is 0 Å². The molecule has 1 rings (SSSR count). The lowest BCUT2D eigenvalue weighted by molar-refractivity contribution is 0.0986. The summed E-state index contributed by atoms with van der Waals surface area (Å²) < 4.78 is 0. The van der Waals surface area contributed by atoms with Crippen LogP contribution in [0.4, 0.5) is 0 Å². The first-order valence-corrected chi connectivity index (χ1v) is 7.45. The summed E-state index contributed by atoms with van der Waals surface area (Å²) in [6.45, 7) is 7.84. The Morgan fingerprint density at radius 3 is 2.50 bits per heavy atom. The predicted octanol–water partition coefficient (Wildman–Crippen LogP) is 0.830. The van der Waals surface area contributed by atoms with E-state index in [0.29, 0.717) is 18.5 Å². The SMILES string of the molecule is CCN(CC)CC(O)CNC1CCCCC1CO. The first-order chi connectivity index (χ1) is 8.71. The number of nitrogens with zero attached hydrogens (tertiary/aromatic N) is 1. The monoisotopic (exact) mass is 258 g/mol. The Labute approximate surface area is 111 Å². The maximum atomic E-state index is 10.0. The molecule has 4 nitrogen and oxygen atoms in total. The molecule has 1 fully saturated rings. The summed E-state index contributed by atoms with van der Waals surface area (Å²) in [6.07, 6.45) is 4.39. The number of likely N-dealkylation sites (N-methyl/N-ethyl adjacent to an activating group) is 1. The van der Waals surface area contributed by atoms with E-state index in [1.165, 1.54) is 12.8 Å². The highest BCUT2D eigenvalue weighted by molar-refractivity contribution is 4.81. The molecule has 0 bridgehead atoms. The molecule has 0 aromatic carbocycles. The second-order valence-corrected chi connectivity index (χ2v) is 5.38. The molecule has 4 heteroatoms. The van der Waals surface area contributed by atoms with Crippen LogP contribution in [0.5, 0.6) is 0 Å². The molecule has 0 heterocycles. The van der Waals surface area contributed by atoms with Crippen LogP contribution in [0.2, 0.25) is 0 Å². The Morgan fingerprint density at radius 1 is 1.22 bits per heavy atom. The van der Waals surface area contributed by atoms with Gasteiger partial charge in [0.05, 0.1) is 6.10 Å². The fourth-order valence-electron chi connectivity index (χ4n) is 2.83. The summed E-state index contributed by atoms with van der Waals surface area (Å²) in [5.41, 5.74) is 0. The van der Waals surface area contributed by atoms with Crippen molar-refractivity contribution in [2.45, 2.75) is 51.7 Å². The molecule has 0 aromatic rings. The lowest BCUT2D eigenvalue weighted by Crippen LogP contribution is -2.46. The van der Waals surface area contributed by atoms with Gasteiger partial charge >= 0.3 is 0 Å². The van der Waals surface area contributed by atoms with Crippen molar-refractivity contribution in [3.63, 3.8) is 0 Å². The molecular formula is C14H30N2O2. The zero-order valence-electron chi connectivity index (χ0n) is 11.9. The lowest BCUT2D eigenvalue weighted by Gasteiger charge is -2.32. The van der Waals surface area contributed by atoms with Gasteiger partial charge in [-0.15, -0.1) is 0 Å². The normalized spacial score (nSPS) is 26.5. The number of nitrogens with one attached hydrogen (secondary N) is 1. The predicted molar refractivity (Wildman–Crippen MR) is 74.6 cm³/mol. The molecule has 3 N–H and O–H groups in total. The van der Waals surface area contributed by atoms with Gasteiger partial charge < -0.3 is 20.4 Å². The van der Waals surface area contributed by atoms with Gasteiger partial charge in [0.2, 0.25) is 0 Å². The highest BCUT2D eigenvalue weighted by Crippen LogP contribution is 2.23. The van der Waals surface area contributed by atoms with Crippen LogP contribution in [0.1, 0.15) is 39.5 Å². The molecule has 0 saturated heterocycles. The molecule has 3 unspecified atom stereocenters. The van der Waals surface area contributed by atoms with E-state index < -0.39 is 0 Å². The van der Waals surface area contributed by atoms with Crippen molar-refractivity contribution in [3.05, 3.63) is 0 Å². The Bertz CT molecular complexity index is 210. The van der Waals surface area contributed by atoms with Gasteiger partial charge in [-0.05, 0) is 31.8 Å². The summed E-state index contributed by atoms with van der Waals surface area (Å²) in [4.78, 5) is 2.23. The number of aliphatic hydroxyl groups excluding tert-OH is 2. The van der Waals surface area contributed by atoms with Crippen molar-refractivity contribution < 1.29 is 10.2 Å². The van der Waals surface area contributed by atoms with Gasteiger partial charge in [0.1, 0.15) is 0 Å². The largest absolute Gasteiger partial charge is 0.396 e. The average molecular weight is 258 g/mol. The summed E-state index contributed by atoms with van der Waals surface area (Å²) in [6, 6.07) is 0.384. The zero-order valence-corrected chi connectivity index (χ0v) is 11.9. The van der Waals surface area contributed by atoms with Crippen molar-refractivity contribution in [1.82, 2.24) is 10.2 Å². The summed E-state index contributed by atoms with van der Waals surface area (Å²) in [7, 11) is 0. The zero-order chi connectivity index (χ0) is 13.4. The summed E-state index contributed by atoms with van der Waals surface area (Å²) >= 11 is 0. The quantitative estimate of drug-likeness (QED) is 0.604. The fourth-order valence-corrected chi connectivity index (χ4v) is 2.83. The molecule has 0 spiro atoms. The lowest BCUT2D eigenvalue weighted by atomic mass is 9.85. The van der Waals surface area contributed by atoms with E-state index >= 15 is 0 Å². The molecule has 1 saturated carbocycles. The van der Waals surface area contributed by atoms with Crippen molar-refractivity contribution in [2.75, 3.05) is 32.8 Å². The smallest absolute Gasteiger partial charge is 0.0791 e. The van der Waals surface area contributed by atoms with Crippen LogP contribution in [-0.4, -0.2) is 60.0 Å². The van der Waals surface area contributed by atoms with Crippen LogP contribution in [0.15, 0.2) is 0 Å². The summed E-state index contributed by atoms with van der Waals surface area (Å²) in [5.74, 6) is 0.374. The maximum absolute atomic E-state index is 10.0. The minimum atomic E-state index is -0.314. The van der Waals surface area contributed by atoms with E-state index in [2.05, 4.69) is 24.1 Å². The highest BCUT2D eigenvalue weighted by atomic mass is 16.3. The van der Waals surface area contributed by atoms with Gasteiger partial charge in [-0.25, -0.2) is 0 Å². The Hall–Kier alpha value is -0.160. The minimum absolute atomic E-state index is 0.268. The van der Waals surface area contributed by atoms with Crippen molar-refractivity contribution in [3.8, 4) is 0 Å². The molecule has 1 aliphatic rings. The van der Waals surface area contributed by atoms with Crippen molar-refractivity contribution in [1.29, 1.82) is 0 Å². The number of hydrogen-bond donors (Lipinski definition) is 3. The van der Waals surface area contributed by atoms with Crippen LogP contribution in [-0.2, 0) is 0 Å². The topological polar surface area (TPSA) is 55.7 Å². The Kier molecular flexibility index (Phi) is 7.82. The van der Waals surface area contributed by atoms with Crippen LogP contribution in [0, 0.1) is 5.92 Å². The number of hydrogen-bond acceptors (Lipinski definition) is 4. The van der Waals surface area contributed by atoms with Gasteiger partial charge in [-0.3, -0.25) is 0 Å². The van der Waals surface area contributed by atoms with E-state index in [4.69, 9.17) is 0 Å². The van der Waals surface area contributed by atoms with Crippen molar-refractivity contribution >= 4 is 0 Å². The first kappa shape index (κ1) is 15.9. The van der Waals surface area contributed by atoms with E-state index in [0.717, 1.165) is 32.5 Å². The molecule has 108 valence electrons. The molecule has 0 aliphatic heterocycles.